The number of amides is 2. The third kappa shape index (κ3) is 3.74. The van der Waals surface area contributed by atoms with Crippen molar-refractivity contribution in [1.82, 2.24) is 4.57 Å². The first-order chi connectivity index (χ1) is 12.9. The van der Waals surface area contributed by atoms with Gasteiger partial charge in [-0.3, -0.25) is 4.57 Å². The fraction of sp³-hybridized carbons (Fsp3) is 0.263. The molecule has 8 nitrogen and oxygen atoms in total. The normalized spacial score (nSPS) is 10.9. The summed E-state index contributed by atoms with van der Waals surface area (Å²) >= 11 is 0. The highest BCUT2D eigenvalue weighted by Crippen LogP contribution is 2.29. The predicted octanol–water partition coefficient (Wildman–Crippen LogP) is 3.84. The molecule has 0 saturated carbocycles. The second-order valence-corrected chi connectivity index (χ2v) is 6.16. The second kappa shape index (κ2) is 7.45. The highest BCUT2D eigenvalue weighted by Gasteiger charge is 2.13. The van der Waals surface area contributed by atoms with Gasteiger partial charge >= 0.3 is 11.8 Å². The van der Waals surface area contributed by atoms with Gasteiger partial charge in [-0.1, -0.05) is 0 Å². The standard InChI is InChI=1S/C19H21N3O5/c1-11(2)22-14-7-5-12(9-16(14)27-19(22)24)20-18(23)21-13-6-8-15(25-3)17(10-13)26-4/h5-11H,1-4H3,(H2,20,21,23). The third-order valence-corrected chi connectivity index (χ3v) is 4.03. The van der Waals surface area contributed by atoms with Crippen molar-refractivity contribution in [2.45, 2.75) is 19.9 Å². The van der Waals surface area contributed by atoms with E-state index in [1.807, 2.05) is 13.8 Å². The van der Waals surface area contributed by atoms with Crippen molar-refractivity contribution in [3.05, 3.63) is 46.9 Å². The van der Waals surface area contributed by atoms with Crippen LogP contribution in [0.4, 0.5) is 16.2 Å². The molecule has 0 radical (unpaired) electrons. The largest absolute Gasteiger partial charge is 0.493 e. The molecule has 0 saturated heterocycles. The molecule has 0 spiro atoms. The first kappa shape index (κ1) is 18.4. The van der Waals surface area contributed by atoms with Gasteiger partial charge in [0.1, 0.15) is 0 Å². The number of oxazole rings is 1. The Balaban J connectivity index is 1.77. The number of urea groups is 1. The summed E-state index contributed by atoms with van der Waals surface area (Å²) in [5, 5.41) is 5.43. The molecule has 0 aliphatic heterocycles. The lowest BCUT2D eigenvalue weighted by molar-refractivity contribution is 0.262. The number of carbonyl (C=O) groups excluding carboxylic acids is 1. The van der Waals surface area contributed by atoms with E-state index in [2.05, 4.69) is 10.6 Å². The molecule has 2 amide bonds. The van der Waals surface area contributed by atoms with Crippen LogP contribution in [0.1, 0.15) is 19.9 Å². The van der Waals surface area contributed by atoms with E-state index in [0.717, 1.165) is 0 Å². The number of carbonyl (C=O) groups is 1. The average Bonchev–Trinajstić information content (AvgIpc) is 2.96. The van der Waals surface area contributed by atoms with Gasteiger partial charge in [0, 0.05) is 29.5 Å². The number of anilines is 2. The van der Waals surface area contributed by atoms with Crippen LogP contribution >= 0.6 is 0 Å². The second-order valence-electron chi connectivity index (χ2n) is 6.16. The number of hydrogen-bond acceptors (Lipinski definition) is 5. The van der Waals surface area contributed by atoms with Crippen LogP contribution < -0.4 is 25.9 Å². The maximum Gasteiger partial charge on any atom is 0.420 e. The molecule has 27 heavy (non-hydrogen) atoms. The quantitative estimate of drug-likeness (QED) is 0.711. The van der Waals surface area contributed by atoms with Crippen LogP contribution in [-0.2, 0) is 0 Å². The molecule has 0 aliphatic carbocycles. The Morgan fingerprint density at radius 3 is 2.26 bits per heavy atom. The highest BCUT2D eigenvalue weighted by molar-refractivity contribution is 6.00. The monoisotopic (exact) mass is 371 g/mol. The van der Waals surface area contributed by atoms with E-state index in [0.29, 0.717) is 34.0 Å². The number of nitrogens with one attached hydrogen (secondary N) is 2. The molecule has 3 aromatic rings. The fourth-order valence-electron chi connectivity index (χ4n) is 2.81. The van der Waals surface area contributed by atoms with E-state index in [1.165, 1.54) is 7.11 Å². The number of aromatic nitrogens is 1. The summed E-state index contributed by atoms with van der Waals surface area (Å²) in [5.41, 5.74) is 2.15. The van der Waals surface area contributed by atoms with E-state index < -0.39 is 11.8 Å². The van der Waals surface area contributed by atoms with Crippen molar-refractivity contribution in [2.75, 3.05) is 24.9 Å². The van der Waals surface area contributed by atoms with Gasteiger partial charge in [-0.2, -0.15) is 0 Å². The van der Waals surface area contributed by atoms with Crippen molar-refractivity contribution in [3.63, 3.8) is 0 Å². The number of benzene rings is 2. The van der Waals surface area contributed by atoms with Crippen LogP contribution in [0.5, 0.6) is 11.5 Å². The zero-order valence-corrected chi connectivity index (χ0v) is 15.5. The van der Waals surface area contributed by atoms with Gasteiger partial charge in [-0.25, -0.2) is 9.59 Å². The number of fused-ring (bicyclic) bond motifs is 1. The van der Waals surface area contributed by atoms with Crippen molar-refractivity contribution in [3.8, 4) is 11.5 Å². The lowest BCUT2D eigenvalue weighted by atomic mass is 10.2. The van der Waals surface area contributed by atoms with Crippen LogP contribution in [0, 0.1) is 0 Å². The van der Waals surface area contributed by atoms with Gasteiger partial charge in [0.15, 0.2) is 17.1 Å². The van der Waals surface area contributed by atoms with Gasteiger partial charge in [0.2, 0.25) is 0 Å². The van der Waals surface area contributed by atoms with Gasteiger partial charge in [-0.05, 0) is 38.1 Å². The Morgan fingerprint density at radius 2 is 1.63 bits per heavy atom. The molecule has 0 fully saturated rings. The fourth-order valence-corrected chi connectivity index (χ4v) is 2.81. The summed E-state index contributed by atoms with van der Waals surface area (Å²) in [5.74, 6) is 0.652. The first-order valence-corrected chi connectivity index (χ1v) is 8.38. The van der Waals surface area contributed by atoms with Crippen molar-refractivity contribution < 1.29 is 18.7 Å². The number of rotatable bonds is 5. The van der Waals surface area contributed by atoms with Gasteiger partial charge < -0.3 is 24.5 Å². The summed E-state index contributed by atoms with van der Waals surface area (Å²) < 4.78 is 17.2. The summed E-state index contributed by atoms with van der Waals surface area (Å²) in [6.07, 6.45) is 0. The minimum absolute atomic E-state index is 0.0223. The van der Waals surface area contributed by atoms with E-state index in [4.69, 9.17) is 13.9 Å². The Morgan fingerprint density at radius 1 is 1.00 bits per heavy atom. The molecule has 1 aromatic heterocycles. The minimum atomic E-state index is -0.438. The van der Waals surface area contributed by atoms with E-state index in [-0.39, 0.29) is 6.04 Å². The highest BCUT2D eigenvalue weighted by atomic mass is 16.5. The van der Waals surface area contributed by atoms with Gasteiger partial charge in [0.05, 0.1) is 19.7 Å². The minimum Gasteiger partial charge on any atom is -0.493 e. The zero-order valence-electron chi connectivity index (χ0n) is 15.5. The van der Waals surface area contributed by atoms with E-state index >= 15 is 0 Å². The average molecular weight is 371 g/mol. The summed E-state index contributed by atoms with van der Waals surface area (Å²) in [6.45, 7) is 3.80. The molecule has 0 bridgehead atoms. The Kier molecular flexibility index (Phi) is 5.07. The van der Waals surface area contributed by atoms with Crippen LogP contribution in [0.2, 0.25) is 0 Å². The number of methoxy groups -OCH3 is 2. The smallest absolute Gasteiger partial charge is 0.420 e. The Hall–Kier alpha value is -3.42. The molecular formula is C19H21N3O5. The third-order valence-electron chi connectivity index (χ3n) is 4.03. The van der Waals surface area contributed by atoms with Crippen molar-refractivity contribution in [1.29, 1.82) is 0 Å². The number of hydrogen-bond donors (Lipinski definition) is 2. The molecule has 142 valence electrons. The molecule has 0 atom stereocenters. The molecule has 1 heterocycles. The molecule has 0 aliphatic rings. The zero-order chi connectivity index (χ0) is 19.6. The van der Waals surface area contributed by atoms with Gasteiger partial charge in [-0.15, -0.1) is 0 Å². The predicted molar refractivity (Wildman–Crippen MR) is 103 cm³/mol. The maximum atomic E-state index is 12.3. The summed E-state index contributed by atoms with van der Waals surface area (Å²) in [4.78, 5) is 24.2. The van der Waals surface area contributed by atoms with Crippen LogP contribution in [0.15, 0.2) is 45.6 Å². The molecular weight excluding hydrogens is 350 g/mol. The molecule has 8 heteroatoms. The summed E-state index contributed by atoms with van der Waals surface area (Å²) in [7, 11) is 3.06. The van der Waals surface area contributed by atoms with Crippen LogP contribution in [-0.4, -0.2) is 24.8 Å². The number of ether oxygens (including phenoxy) is 2. The molecule has 2 N–H and O–H groups in total. The van der Waals surface area contributed by atoms with Crippen LogP contribution in [0.3, 0.4) is 0 Å². The SMILES string of the molecule is COc1ccc(NC(=O)Nc2ccc3c(c2)oc(=O)n3C(C)C)cc1OC. The van der Waals surface area contributed by atoms with E-state index in [9.17, 15) is 9.59 Å². The topological polar surface area (TPSA) is 94.7 Å². The lowest BCUT2D eigenvalue weighted by Crippen LogP contribution is -2.19. The lowest BCUT2D eigenvalue weighted by Gasteiger charge is -2.11. The maximum absolute atomic E-state index is 12.3. The number of nitrogens with zero attached hydrogens (tertiary/aromatic N) is 1. The van der Waals surface area contributed by atoms with E-state index in [1.54, 1.807) is 48.1 Å². The van der Waals surface area contributed by atoms with Gasteiger partial charge in [0.25, 0.3) is 0 Å². The molecule has 3 rings (SSSR count). The molecule has 2 aromatic carbocycles. The van der Waals surface area contributed by atoms with Crippen LogP contribution in [0.25, 0.3) is 11.1 Å². The first-order valence-electron chi connectivity index (χ1n) is 8.38. The van der Waals surface area contributed by atoms with Crippen molar-refractivity contribution in [2.24, 2.45) is 0 Å². The Labute approximate surface area is 155 Å². The molecule has 0 unspecified atom stereocenters. The van der Waals surface area contributed by atoms with Crippen molar-refractivity contribution >= 4 is 28.5 Å². The Bertz CT molecular complexity index is 1040. The summed E-state index contributed by atoms with van der Waals surface area (Å²) in [6, 6.07) is 9.66.